The lowest BCUT2D eigenvalue weighted by Gasteiger charge is -1.90. The van der Waals surface area contributed by atoms with Crippen molar-refractivity contribution in [3.63, 3.8) is 0 Å². The van der Waals surface area contributed by atoms with Crippen molar-refractivity contribution in [3.05, 3.63) is 3.79 Å². The largest absolute Gasteiger partial charge is 0.451 e. The second-order valence-electron chi connectivity index (χ2n) is 1.80. The van der Waals surface area contributed by atoms with Crippen LogP contribution in [0.1, 0.15) is 0 Å². The molecule has 0 spiro atoms. The van der Waals surface area contributed by atoms with Gasteiger partial charge in [0.25, 0.3) is 0 Å². The fourth-order valence-corrected chi connectivity index (χ4v) is 2.30. The van der Waals surface area contributed by atoms with E-state index in [1.54, 1.807) is 0 Å². The minimum Gasteiger partial charge on any atom is -0.451 e. The molecule has 1 aromatic rings. The summed E-state index contributed by atoms with van der Waals surface area (Å²) in [5, 5.41) is 0.666. The quantitative estimate of drug-likeness (QED) is 0.728. The van der Waals surface area contributed by atoms with Gasteiger partial charge in [0.2, 0.25) is 12.5 Å². The van der Waals surface area contributed by atoms with Crippen molar-refractivity contribution in [2.45, 2.75) is 0 Å². The maximum atomic E-state index is 5.58. The van der Waals surface area contributed by atoms with Gasteiger partial charge < -0.3 is 15.2 Å². The monoisotopic (exact) mass is 221 g/mol. The molecule has 0 aromatic carbocycles. The Balaban J connectivity index is 2.61. The van der Waals surface area contributed by atoms with Crippen LogP contribution >= 0.6 is 27.3 Å². The molecule has 0 saturated heterocycles. The second-order valence-corrected chi connectivity index (χ2v) is 4.17. The average molecular weight is 222 g/mol. The molecule has 2 heterocycles. The Kier molecular flexibility index (Phi) is 1.28. The van der Waals surface area contributed by atoms with E-state index in [9.17, 15) is 0 Å². The average Bonchev–Trinajstić information content (AvgIpc) is 2.39. The van der Waals surface area contributed by atoms with E-state index in [1.807, 2.05) is 0 Å². The summed E-state index contributed by atoms with van der Waals surface area (Å²) < 4.78 is 11.1. The molecule has 0 fully saturated rings. The summed E-state index contributed by atoms with van der Waals surface area (Å²) in [6.07, 6.45) is 0. The van der Waals surface area contributed by atoms with Crippen LogP contribution in [0, 0.1) is 0 Å². The molecule has 1 aliphatic rings. The number of nitrogens with two attached hydrogens (primary N) is 1. The van der Waals surface area contributed by atoms with Gasteiger partial charge in [-0.25, -0.2) is 0 Å². The number of fused-ring (bicyclic) bond motifs is 1. The Hall–Kier alpha value is -0.420. The van der Waals surface area contributed by atoms with Gasteiger partial charge in [-0.1, -0.05) is 0 Å². The Morgan fingerprint density at radius 3 is 2.80 bits per heavy atom. The maximum Gasteiger partial charge on any atom is 0.231 e. The molecule has 54 valence electrons. The Morgan fingerprint density at radius 2 is 2.10 bits per heavy atom. The summed E-state index contributed by atoms with van der Waals surface area (Å²) in [5.41, 5.74) is 5.58. The van der Waals surface area contributed by atoms with E-state index in [1.165, 1.54) is 11.3 Å². The van der Waals surface area contributed by atoms with Crippen LogP contribution in [-0.4, -0.2) is 6.79 Å². The van der Waals surface area contributed by atoms with Gasteiger partial charge in [0.05, 0.1) is 0 Å². The van der Waals surface area contributed by atoms with Crippen LogP contribution in [0.4, 0.5) is 5.00 Å². The molecule has 0 unspecified atom stereocenters. The first-order chi connectivity index (χ1) is 4.79. The van der Waals surface area contributed by atoms with Crippen molar-refractivity contribution in [2.75, 3.05) is 12.5 Å². The molecule has 10 heavy (non-hydrogen) atoms. The number of nitrogen functional groups attached to an aromatic ring is 1. The second kappa shape index (κ2) is 2.03. The van der Waals surface area contributed by atoms with Gasteiger partial charge in [-0.3, -0.25) is 0 Å². The molecule has 0 amide bonds. The van der Waals surface area contributed by atoms with Crippen molar-refractivity contribution in [1.29, 1.82) is 0 Å². The summed E-state index contributed by atoms with van der Waals surface area (Å²) in [6.45, 7) is 0.279. The van der Waals surface area contributed by atoms with Gasteiger partial charge in [-0.15, -0.1) is 11.3 Å². The fourth-order valence-electron chi connectivity index (χ4n) is 0.797. The Morgan fingerprint density at radius 1 is 1.40 bits per heavy atom. The third-order valence-electron chi connectivity index (χ3n) is 1.21. The van der Waals surface area contributed by atoms with Crippen LogP contribution in [0.15, 0.2) is 3.79 Å². The molecule has 1 aliphatic heterocycles. The smallest absolute Gasteiger partial charge is 0.231 e. The van der Waals surface area contributed by atoms with Crippen molar-refractivity contribution in [2.24, 2.45) is 0 Å². The van der Waals surface area contributed by atoms with Gasteiger partial charge in [-0.2, -0.15) is 0 Å². The summed E-state index contributed by atoms with van der Waals surface area (Å²) in [7, 11) is 0. The van der Waals surface area contributed by atoms with E-state index in [0.717, 1.165) is 9.54 Å². The molecule has 2 rings (SSSR count). The van der Waals surface area contributed by atoms with Gasteiger partial charge in [0.1, 0.15) is 8.79 Å². The summed E-state index contributed by atoms with van der Waals surface area (Å²) in [4.78, 5) is 0. The number of thiophene rings is 1. The lowest BCUT2D eigenvalue weighted by molar-refractivity contribution is 0.174. The van der Waals surface area contributed by atoms with E-state index in [0.29, 0.717) is 10.8 Å². The first-order valence-corrected chi connectivity index (χ1v) is 4.23. The predicted octanol–water partition coefficient (Wildman–Crippen LogP) is 1.82. The van der Waals surface area contributed by atoms with Crippen molar-refractivity contribution in [3.8, 4) is 11.5 Å². The molecular weight excluding hydrogens is 218 g/mol. The predicted molar refractivity (Wildman–Crippen MR) is 42.6 cm³/mol. The van der Waals surface area contributed by atoms with Gasteiger partial charge in [0, 0.05) is 0 Å². The standard InChI is InChI=1S/C5H4BrNO2S/c6-4-2-3(5(7)10-4)9-1-8-2/h1,7H2. The lowest BCUT2D eigenvalue weighted by Crippen LogP contribution is -1.95. The maximum absolute atomic E-state index is 5.58. The number of halogens is 1. The zero-order chi connectivity index (χ0) is 7.14. The van der Waals surface area contributed by atoms with Crippen molar-refractivity contribution < 1.29 is 9.47 Å². The van der Waals surface area contributed by atoms with E-state index in [4.69, 9.17) is 15.2 Å². The topological polar surface area (TPSA) is 44.5 Å². The van der Waals surface area contributed by atoms with E-state index in [-0.39, 0.29) is 6.79 Å². The van der Waals surface area contributed by atoms with Crippen molar-refractivity contribution in [1.82, 2.24) is 0 Å². The summed E-state index contributed by atoms with van der Waals surface area (Å²) >= 11 is 4.72. The highest BCUT2D eigenvalue weighted by Gasteiger charge is 2.22. The first-order valence-electron chi connectivity index (χ1n) is 2.62. The third-order valence-corrected chi connectivity index (χ3v) is 2.83. The Bertz CT molecular complexity index is 248. The van der Waals surface area contributed by atoms with E-state index in [2.05, 4.69) is 15.9 Å². The van der Waals surface area contributed by atoms with Gasteiger partial charge >= 0.3 is 0 Å². The fraction of sp³-hybridized carbons (Fsp3) is 0.200. The minimum atomic E-state index is 0.279. The summed E-state index contributed by atoms with van der Waals surface area (Å²) in [5.74, 6) is 1.42. The molecule has 0 aliphatic carbocycles. The molecule has 3 nitrogen and oxygen atoms in total. The zero-order valence-electron chi connectivity index (χ0n) is 4.89. The molecule has 5 heteroatoms. The molecule has 1 aromatic heterocycles. The van der Waals surface area contributed by atoms with E-state index < -0.39 is 0 Å². The van der Waals surface area contributed by atoms with Crippen LogP contribution in [-0.2, 0) is 0 Å². The highest BCUT2D eigenvalue weighted by atomic mass is 79.9. The van der Waals surface area contributed by atoms with Crippen LogP contribution < -0.4 is 15.2 Å². The van der Waals surface area contributed by atoms with Crippen molar-refractivity contribution >= 4 is 32.3 Å². The molecule has 0 bridgehead atoms. The Labute approximate surface area is 69.9 Å². The molecule has 0 saturated carbocycles. The summed E-state index contributed by atoms with van der Waals surface area (Å²) in [6, 6.07) is 0. The number of anilines is 1. The van der Waals surface area contributed by atoms with E-state index >= 15 is 0 Å². The first kappa shape index (κ1) is 6.30. The normalized spacial score (nSPS) is 14.1. The van der Waals surface area contributed by atoms with Crippen LogP contribution in [0.25, 0.3) is 0 Å². The molecule has 2 N–H and O–H groups in total. The van der Waals surface area contributed by atoms with Crippen LogP contribution in [0.3, 0.4) is 0 Å². The molecule has 0 radical (unpaired) electrons. The number of rotatable bonds is 0. The number of hydrogen-bond donors (Lipinski definition) is 1. The third kappa shape index (κ3) is 0.705. The highest BCUT2D eigenvalue weighted by molar-refractivity contribution is 9.11. The zero-order valence-corrected chi connectivity index (χ0v) is 7.29. The number of hydrogen-bond acceptors (Lipinski definition) is 4. The molecular formula is C5H4BrNO2S. The van der Waals surface area contributed by atoms with Crippen LogP contribution in [0.5, 0.6) is 11.5 Å². The van der Waals surface area contributed by atoms with Gasteiger partial charge in [-0.05, 0) is 15.9 Å². The van der Waals surface area contributed by atoms with Gasteiger partial charge in [0.15, 0.2) is 5.75 Å². The number of ether oxygens (including phenoxy) is 2. The highest BCUT2D eigenvalue weighted by Crippen LogP contribution is 2.49. The lowest BCUT2D eigenvalue weighted by atomic mass is 10.5. The van der Waals surface area contributed by atoms with Crippen LogP contribution in [0.2, 0.25) is 0 Å². The molecule has 0 atom stereocenters. The minimum absolute atomic E-state index is 0.279. The SMILES string of the molecule is Nc1sc(Br)c2c1OCO2.